The van der Waals surface area contributed by atoms with Crippen LogP contribution in [0.4, 0.5) is 0 Å². The number of carbonyl (C=O) groups is 1. The fourth-order valence-corrected chi connectivity index (χ4v) is 1.77. The van der Waals surface area contributed by atoms with Crippen LogP contribution in [0.5, 0.6) is 0 Å². The van der Waals surface area contributed by atoms with Gasteiger partial charge >= 0.3 is 0 Å². The third-order valence-electron chi connectivity index (χ3n) is 2.54. The molecule has 1 aromatic carbocycles. The van der Waals surface area contributed by atoms with Crippen molar-refractivity contribution in [2.24, 2.45) is 0 Å². The van der Waals surface area contributed by atoms with Gasteiger partial charge in [-0.3, -0.25) is 4.79 Å². The van der Waals surface area contributed by atoms with Gasteiger partial charge in [0, 0.05) is 13.0 Å². The molecule has 0 unspecified atom stereocenters. The first-order valence-corrected chi connectivity index (χ1v) is 6.10. The van der Waals surface area contributed by atoms with E-state index in [0.29, 0.717) is 13.0 Å². The summed E-state index contributed by atoms with van der Waals surface area (Å²) < 4.78 is 0. The van der Waals surface area contributed by atoms with Crippen LogP contribution >= 0.6 is 0 Å². The first-order chi connectivity index (χ1) is 7.76. The van der Waals surface area contributed by atoms with Crippen molar-refractivity contribution in [2.45, 2.75) is 39.5 Å². The molecule has 2 heteroatoms. The van der Waals surface area contributed by atoms with Crippen LogP contribution in [-0.2, 0) is 17.6 Å². The lowest BCUT2D eigenvalue weighted by atomic mass is 10.0. The first-order valence-electron chi connectivity index (χ1n) is 6.10. The van der Waals surface area contributed by atoms with E-state index >= 15 is 0 Å². The molecule has 0 heterocycles. The highest BCUT2D eigenvalue weighted by Gasteiger charge is 2.01. The van der Waals surface area contributed by atoms with E-state index in [1.54, 1.807) is 0 Å². The van der Waals surface area contributed by atoms with Gasteiger partial charge in [-0.25, -0.2) is 0 Å². The molecule has 0 aliphatic heterocycles. The number of hydrogen-bond donors (Lipinski definition) is 1. The monoisotopic (exact) mass is 219 g/mol. The van der Waals surface area contributed by atoms with Gasteiger partial charge in [0.1, 0.15) is 0 Å². The molecule has 0 radical (unpaired) electrons. The highest BCUT2D eigenvalue weighted by Crippen LogP contribution is 2.09. The number of hydrogen-bond acceptors (Lipinski definition) is 1. The Hall–Kier alpha value is -1.31. The maximum Gasteiger partial charge on any atom is 0.220 e. The Morgan fingerprint density at radius 3 is 2.50 bits per heavy atom. The Labute approximate surface area is 98.1 Å². The van der Waals surface area contributed by atoms with Gasteiger partial charge in [0.2, 0.25) is 5.91 Å². The van der Waals surface area contributed by atoms with Crippen LogP contribution in [-0.4, -0.2) is 12.5 Å². The molecule has 1 rings (SSSR count). The largest absolute Gasteiger partial charge is 0.356 e. The Morgan fingerprint density at radius 2 is 1.88 bits per heavy atom. The minimum atomic E-state index is 0.142. The van der Waals surface area contributed by atoms with E-state index < -0.39 is 0 Å². The second-order valence-corrected chi connectivity index (χ2v) is 4.02. The van der Waals surface area contributed by atoms with E-state index in [4.69, 9.17) is 0 Å². The number of rotatable bonds is 6. The number of benzene rings is 1. The Balaban J connectivity index is 2.47. The topological polar surface area (TPSA) is 29.1 Å². The molecule has 88 valence electrons. The van der Waals surface area contributed by atoms with E-state index in [-0.39, 0.29) is 5.91 Å². The van der Waals surface area contributed by atoms with Gasteiger partial charge in [0.25, 0.3) is 0 Å². The molecular formula is C14H21NO. The van der Waals surface area contributed by atoms with Crippen LogP contribution in [0.3, 0.4) is 0 Å². The van der Waals surface area contributed by atoms with Crippen LogP contribution in [0.1, 0.15) is 37.8 Å². The van der Waals surface area contributed by atoms with E-state index in [1.807, 2.05) is 6.92 Å². The minimum Gasteiger partial charge on any atom is -0.356 e. The second kappa shape index (κ2) is 7.04. The molecule has 1 amide bonds. The summed E-state index contributed by atoms with van der Waals surface area (Å²) in [5, 5.41) is 2.82. The lowest BCUT2D eigenvalue weighted by Gasteiger charge is -2.05. The average Bonchev–Trinajstić information content (AvgIpc) is 2.28. The van der Waals surface area contributed by atoms with Crippen LogP contribution in [0.15, 0.2) is 24.3 Å². The van der Waals surface area contributed by atoms with Crippen molar-refractivity contribution in [1.82, 2.24) is 5.32 Å². The SMILES string of the molecule is CCCc1cccc(CCC(=O)NCC)c1. The molecule has 0 aromatic heterocycles. The number of carbonyl (C=O) groups excluding carboxylic acids is 1. The fraction of sp³-hybridized carbons (Fsp3) is 0.500. The predicted molar refractivity (Wildman–Crippen MR) is 67.4 cm³/mol. The average molecular weight is 219 g/mol. The predicted octanol–water partition coefficient (Wildman–Crippen LogP) is 2.71. The summed E-state index contributed by atoms with van der Waals surface area (Å²) in [5.41, 5.74) is 2.63. The highest BCUT2D eigenvalue weighted by atomic mass is 16.1. The van der Waals surface area contributed by atoms with Crippen LogP contribution in [0.25, 0.3) is 0 Å². The summed E-state index contributed by atoms with van der Waals surface area (Å²) in [6.45, 7) is 4.84. The molecule has 0 spiro atoms. The Morgan fingerprint density at radius 1 is 1.19 bits per heavy atom. The summed E-state index contributed by atoms with van der Waals surface area (Å²) in [4.78, 5) is 11.3. The summed E-state index contributed by atoms with van der Waals surface area (Å²) in [6, 6.07) is 8.54. The highest BCUT2D eigenvalue weighted by molar-refractivity contribution is 5.76. The van der Waals surface area contributed by atoms with Crippen molar-refractivity contribution in [3.05, 3.63) is 35.4 Å². The molecular weight excluding hydrogens is 198 g/mol. The van der Waals surface area contributed by atoms with Crippen LogP contribution in [0, 0.1) is 0 Å². The molecule has 0 aliphatic carbocycles. The number of aryl methyl sites for hydroxylation is 2. The maximum absolute atomic E-state index is 11.3. The van der Waals surface area contributed by atoms with Gasteiger partial charge in [0.05, 0.1) is 0 Å². The van der Waals surface area contributed by atoms with Gasteiger partial charge < -0.3 is 5.32 Å². The van der Waals surface area contributed by atoms with Crippen molar-refractivity contribution in [1.29, 1.82) is 0 Å². The molecule has 1 aromatic rings. The van der Waals surface area contributed by atoms with E-state index in [2.05, 4.69) is 36.5 Å². The summed E-state index contributed by atoms with van der Waals surface area (Å²) in [5.74, 6) is 0.142. The molecule has 0 saturated carbocycles. The first kappa shape index (κ1) is 12.8. The summed E-state index contributed by atoms with van der Waals surface area (Å²) in [6.07, 6.45) is 3.71. The third-order valence-corrected chi connectivity index (χ3v) is 2.54. The van der Waals surface area contributed by atoms with Crippen LogP contribution in [0.2, 0.25) is 0 Å². The normalized spacial score (nSPS) is 10.1. The lowest BCUT2D eigenvalue weighted by molar-refractivity contribution is -0.120. The van der Waals surface area contributed by atoms with Gasteiger partial charge in [-0.05, 0) is 30.9 Å². The Kier molecular flexibility index (Phi) is 5.62. The molecule has 1 N–H and O–H groups in total. The summed E-state index contributed by atoms with van der Waals surface area (Å²) in [7, 11) is 0. The van der Waals surface area contributed by atoms with E-state index in [0.717, 1.165) is 12.8 Å². The zero-order chi connectivity index (χ0) is 11.8. The zero-order valence-electron chi connectivity index (χ0n) is 10.3. The molecule has 16 heavy (non-hydrogen) atoms. The zero-order valence-corrected chi connectivity index (χ0v) is 10.3. The van der Waals surface area contributed by atoms with Gasteiger partial charge in [0.15, 0.2) is 0 Å². The molecule has 0 atom stereocenters. The minimum absolute atomic E-state index is 0.142. The smallest absolute Gasteiger partial charge is 0.220 e. The number of amides is 1. The van der Waals surface area contributed by atoms with Gasteiger partial charge in [-0.15, -0.1) is 0 Å². The van der Waals surface area contributed by atoms with Gasteiger partial charge in [-0.1, -0.05) is 37.6 Å². The van der Waals surface area contributed by atoms with E-state index in [1.165, 1.54) is 17.5 Å². The lowest BCUT2D eigenvalue weighted by Crippen LogP contribution is -2.22. The molecule has 0 saturated heterocycles. The maximum atomic E-state index is 11.3. The molecule has 2 nitrogen and oxygen atoms in total. The fourth-order valence-electron chi connectivity index (χ4n) is 1.77. The van der Waals surface area contributed by atoms with Crippen molar-refractivity contribution in [3.8, 4) is 0 Å². The van der Waals surface area contributed by atoms with Crippen molar-refractivity contribution < 1.29 is 4.79 Å². The standard InChI is InChI=1S/C14H21NO/c1-3-6-12-7-5-8-13(11-12)9-10-14(16)15-4-2/h5,7-8,11H,3-4,6,9-10H2,1-2H3,(H,15,16). The van der Waals surface area contributed by atoms with Gasteiger partial charge in [-0.2, -0.15) is 0 Å². The molecule has 0 fully saturated rings. The second-order valence-electron chi connectivity index (χ2n) is 4.02. The third kappa shape index (κ3) is 4.47. The molecule has 0 bridgehead atoms. The quantitative estimate of drug-likeness (QED) is 0.783. The Bertz CT molecular complexity index is 333. The van der Waals surface area contributed by atoms with Crippen molar-refractivity contribution >= 4 is 5.91 Å². The van der Waals surface area contributed by atoms with Crippen LogP contribution < -0.4 is 5.32 Å². The number of nitrogens with one attached hydrogen (secondary N) is 1. The van der Waals surface area contributed by atoms with Crippen molar-refractivity contribution in [2.75, 3.05) is 6.54 Å². The van der Waals surface area contributed by atoms with Crippen molar-refractivity contribution in [3.63, 3.8) is 0 Å². The molecule has 0 aliphatic rings. The summed E-state index contributed by atoms with van der Waals surface area (Å²) >= 11 is 0. The van der Waals surface area contributed by atoms with E-state index in [9.17, 15) is 4.79 Å².